The van der Waals surface area contributed by atoms with Crippen molar-refractivity contribution in [2.24, 2.45) is 0 Å². The van der Waals surface area contributed by atoms with E-state index in [2.05, 4.69) is 111 Å². The topological polar surface area (TPSA) is 0 Å². The summed E-state index contributed by atoms with van der Waals surface area (Å²) in [6.07, 6.45) is 0. The predicted molar refractivity (Wildman–Crippen MR) is 155 cm³/mol. The Labute approximate surface area is 216 Å². The van der Waals surface area contributed by atoms with Crippen LogP contribution in [0.2, 0.25) is 0 Å². The Balaban J connectivity index is 1.29. The van der Waals surface area contributed by atoms with E-state index in [-0.39, 0.29) is 0 Å². The Morgan fingerprint density at radius 2 is 0.765 bits per heavy atom. The minimum absolute atomic E-state index is 1.29. The second-order valence-electron chi connectivity index (χ2n) is 8.31. The lowest BCUT2D eigenvalue weighted by molar-refractivity contribution is 1.55. The molecule has 0 radical (unpaired) electrons. The van der Waals surface area contributed by atoms with Gasteiger partial charge in [0, 0.05) is 39.0 Å². The zero-order valence-electron chi connectivity index (χ0n) is 18.9. The number of hydrogen-bond donors (Lipinski definition) is 0. The van der Waals surface area contributed by atoms with Crippen molar-refractivity contribution >= 4 is 45.3 Å². The van der Waals surface area contributed by atoms with Gasteiger partial charge in [-0.1, -0.05) is 60.7 Å². The van der Waals surface area contributed by atoms with Crippen molar-refractivity contribution in [2.45, 2.75) is 13.8 Å². The summed E-state index contributed by atoms with van der Waals surface area (Å²) in [7, 11) is 0. The van der Waals surface area contributed by atoms with Crippen LogP contribution in [-0.2, 0) is 0 Å². The molecule has 0 spiro atoms. The predicted octanol–water partition coefficient (Wildman–Crippen LogP) is 10.9. The summed E-state index contributed by atoms with van der Waals surface area (Å²) in [6.45, 7) is 4.45. The molecule has 4 aromatic heterocycles. The van der Waals surface area contributed by atoms with Crippen LogP contribution in [0.5, 0.6) is 0 Å². The molecule has 34 heavy (non-hydrogen) atoms. The molecule has 0 aliphatic carbocycles. The van der Waals surface area contributed by atoms with Crippen LogP contribution in [0.3, 0.4) is 0 Å². The van der Waals surface area contributed by atoms with E-state index in [9.17, 15) is 0 Å². The highest BCUT2D eigenvalue weighted by Crippen LogP contribution is 2.46. The summed E-state index contributed by atoms with van der Waals surface area (Å²) in [4.78, 5) is 10.8. The van der Waals surface area contributed by atoms with Gasteiger partial charge in [0.15, 0.2) is 0 Å². The summed E-state index contributed by atoms with van der Waals surface area (Å²) in [5.74, 6) is 0. The minimum Gasteiger partial charge on any atom is -0.134 e. The van der Waals surface area contributed by atoms with Crippen LogP contribution in [0.15, 0.2) is 97.1 Å². The Kier molecular flexibility index (Phi) is 5.84. The van der Waals surface area contributed by atoms with E-state index in [1.54, 1.807) is 0 Å². The van der Waals surface area contributed by atoms with Crippen LogP contribution >= 0.6 is 45.3 Å². The van der Waals surface area contributed by atoms with Crippen molar-refractivity contribution in [1.29, 1.82) is 0 Å². The molecule has 0 aliphatic heterocycles. The monoisotopic (exact) mass is 510 g/mol. The standard InChI is InChI=1S/C30H22S4/c1-19-17-27(21-9-5-3-6-10-21)33-29(19)25-15-13-23(31-25)24-14-16-26(32-24)30-20(2)18-28(34-30)22-11-7-4-8-12-22/h3-18H,1-2H3. The first-order chi connectivity index (χ1) is 16.7. The summed E-state index contributed by atoms with van der Waals surface area (Å²) >= 11 is 7.59. The maximum Gasteiger partial charge on any atom is 0.0478 e. The molecule has 2 aromatic carbocycles. The highest BCUT2D eigenvalue weighted by atomic mass is 32.1. The van der Waals surface area contributed by atoms with Crippen LogP contribution in [0.4, 0.5) is 0 Å². The highest BCUT2D eigenvalue weighted by Gasteiger charge is 2.15. The van der Waals surface area contributed by atoms with Crippen molar-refractivity contribution in [3.63, 3.8) is 0 Å². The molecule has 0 N–H and O–H groups in total. The lowest BCUT2D eigenvalue weighted by Crippen LogP contribution is -1.68. The van der Waals surface area contributed by atoms with Gasteiger partial charge in [0.1, 0.15) is 0 Å². The third kappa shape index (κ3) is 4.12. The molecule has 4 heteroatoms. The van der Waals surface area contributed by atoms with Crippen molar-refractivity contribution in [2.75, 3.05) is 0 Å². The molecule has 0 unspecified atom stereocenters. The molecule has 0 amide bonds. The fourth-order valence-electron chi connectivity index (χ4n) is 4.13. The molecular weight excluding hydrogens is 489 g/mol. The molecule has 0 saturated heterocycles. The quantitative estimate of drug-likeness (QED) is 0.216. The number of rotatable bonds is 5. The van der Waals surface area contributed by atoms with Crippen LogP contribution < -0.4 is 0 Å². The molecular formula is C30H22S4. The van der Waals surface area contributed by atoms with Gasteiger partial charge >= 0.3 is 0 Å². The Morgan fingerprint density at radius 3 is 1.18 bits per heavy atom. The van der Waals surface area contributed by atoms with E-state index >= 15 is 0 Å². The molecule has 0 nitrogen and oxygen atoms in total. The first-order valence-corrected chi connectivity index (χ1v) is 14.4. The van der Waals surface area contributed by atoms with E-state index in [1.807, 2.05) is 45.3 Å². The fraction of sp³-hybridized carbons (Fsp3) is 0.0667. The van der Waals surface area contributed by atoms with Crippen LogP contribution in [0.1, 0.15) is 11.1 Å². The van der Waals surface area contributed by atoms with Gasteiger partial charge in [0.2, 0.25) is 0 Å². The van der Waals surface area contributed by atoms with Crippen molar-refractivity contribution in [3.05, 3.63) is 108 Å². The lowest BCUT2D eigenvalue weighted by Gasteiger charge is -1.96. The second-order valence-corrected chi connectivity index (χ2v) is 12.6. The fourth-order valence-corrected chi connectivity index (χ4v) is 8.94. The van der Waals surface area contributed by atoms with E-state index in [4.69, 9.17) is 0 Å². The van der Waals surface area contributed by atoms with Crippen molar-refractivity contribution < 1.29 is 0 Å². The molecule has 0 aliphatic rings. The third-order valence-electron chi connectivity index (χ3n) is 5.85. The smallest absolute Gasteiger partial charge is 0.0478 e. The van der Waals surface area contributed by atoms with Crippen LogP contribution in [0, 0.1) is 13.8 Å². The second kappa shape index (κ2) is 9.12. The minimum atomic E-state index is 1.29. The van der Waals surface area contributed by atoms with Crippen molar-refractivity contribution in [1.82, 2.24) is 0 Å². The van der Waals surface area contributed by atoms with Gasteiger partial charge in [-0.2, -0.15) is 0 Å². The van der Waals surface area contributed by atoms with Gasteiger partial charge in [-0.15, -0.1) is 45.3 Å². The van der Waals surface area contributed by atoms with Gasteiger partial charge in [0.25, 0.3) is 0 Å². The highest BCUT2D eigenvalue weighted by molar-refractivity contribution is 7.29. The zero-order chi connectivity index (χ0) is 23.1. The van der Waals surface area contributed by atoms with Crippen LogP contribution in [0.25, 0.3) is 50.1 Å². The van der Waals surface area contributed by atoms with E-state index in [1.165, 1.54) is 61.3 Å². The zero-order valence-corrected chi connectivity index (χ0v) is 22.1. The first-order valence-electron chi connectivity index (χ1n) is 11.2. The normalized spacial score (nSPS) is 11.2. The van der Waals surface area contributed by atoms with Gasteiger partial charge in [0.05, 0.1) is 0 Å². The van der Waals surface area contributed by atoms with Gasteiger partial charge in [-0.25, -0.2) is 0 Å². The molecule has 0 fully saturated rings. The SMILES string of the molecule is Cc1cc(-c2ccccc2)sc1-c1ccc(-c2ccc(-c3sc(-c4ccccc4)cc3C)s2)s1. The lowest BCUT2D eigenvalue weighted by atomic mass is 10.1. The summed E-state index contributed by atoms with van der Waals surface area (Å²) in [5, 5.41) is 0. The Morgan fingerprint density at radius 1 is 0.382 bits per heavy atom. The molecule has 0 bridgehead atoms. The van der Waals surface area contributed by atoms with Crippen LogP contribution in [-0.4, -0.2) is 0 Å². The molecule has 0 saturated carbocycles. The van der Waals surface area contributed by atoms with Gasteiger partial charge in [-0.05, 0) is 72.5 Å². The van der Waals surface area contributed by atoms with E-state index in [0.717, 1.165) is 0 Å². The van der Waals surface area contributed by atoms with Crippen molar-refractivity contribution in [3.8, 4) is 50.1 Å². The molecule has 6 rings (SSSR count). The summed E-state index contributed by atoms with van der Waals surface area (Å²) in [6, 6.07) is 35.2. The number of thiophene rings is 4. The average molecular weight is 511 g/mol. The van der Waals surface area contributed by atoms with E-state index < -0.39 is 0 Å². The van der Waals surface area contributed by atoms with E-state index in [0.29, 0.717) is 0 Å². The Hall–Kier alpha value is -2.76. The maximum atomic E-state index is 2.32. The third-order valence-corrected chi connectivity index (χ3v) is 11.2. The van der Waals surface area contributed by atoms with Gasteiger partial charge in [-0.3, -0.25) is 0 Å². The number of benzene rings is 2. The largest absolute Gasteiger partial charge is 0.134 e. The number of hydrogen-bond acceptors (Lipinski definition) is 4. The first kappa shape index (κ1) is 21.8. The summed E-state index contributed by atoms with van der Waals surface area (Å²) in [5.41, 5.74) is 5.30. The number of aryl methyl sites for hydroxylation is 2. The molecule has 4 heterocycles. The average Bonchev–Trinajstić information content (AvgIpc) is 3.66. The van der Waals surface area contributed by atoms with Gasteiger partial charge < -0.3 is 0 Å². The Bertz CT molecular complexity index is 1440. The maximum absolute atomic E-state index is 2.32. The summed E-state index contributed by atoms with van der Waals surface area (Å²) < 4.78 is 0. The molecule has 166 valence electrons. The molecule has 0 atom stereocenters. The molecule has 6 aromatic rings.